The highest BCUT2D eigenvalue weighted by Gasteiger charge is 2.35. The summed E-state index contributed by atoms with van der Waals surface area (Å²) < 4.78 is 1.75. The molecular formula is C10H20ClN5. The van der Waals surface area contributed by atoms with Crippen molar-refractivity contribution in [1.82, 2.24) is 20.1 Å². The predicted molar refractivity (Wildman–Crippen MR) is 66.0 cm³/mol. The smallest absolute Gasteiger partial charge is 0.0835 e. The van der Waals surface area contributed by atoms with Gasteiger partial charge in [0.2, 0.25) is 0 Å². The molecule has 1 unspecified atom stereocenters. The first-order valence-electron chi connectivity index (χ1n) is 5.13. The van der Waals surface area contributed by atoms with Gasteiger partial charge >= 0.3 is 0 Å². The lowest BCUT2D eigenvalue weighted by Crippen LogP contribution is -2.51. The lowest BCUT2D eigenvalue weighted by atomic mass is 9.91. The van der Waals surface area contributed by atoms with Crippen LogP contribution in [-0.4, -0.2) is 34.3 Å². The average molecular weight is 246 g/mol. The van der Waals surface area contributed by atoms with Crippen molar-refractivity contribution in [2.24, 2.45) is 12.9 Å². The fraction of sp³-hybridized carbons (Fsp3) is 0.700. The third-order valence-electron chi connectivity index (χ3n) is 3.24. The van der Waals surface area contributed by atoms with Crippen LogP contribution in [0.1, 0.15) is 25.6 Å². The van der Waals surface area contributed by atoms with Crippen LogP contribution in [0.3, 0.4) is 0 Å². The van der Waals surface area contributed by atoms with Crippen molar-refractivity contribution in [2.75, 3.05) is 14.1 Å². The molecule has 1 rings (SSSR count). The summed E-state index contributed by atoms with van der Waals surface area (Å²) in [5.74, 6) is 5.65. The molecule has 0 aliphatic rings. The van der Waals surface area contributed by atoms with E-state index in [1.54, 1.807) is 10.9 Å². The van der Waals surface area contributed by atoms with Crippen LogP contribution in [0.2, 0.25) is 5.02 Å². The Kier molecular flexibility index (Phi) is 3.96. The maximum absolute atomic E-state index is 6.13. The second-order valence-corrected chi connectivity index (χ2v) is 5.06. The molecule has 0 aliphatic heterocycles. The Labute approximate surface area is 102 Å². The Morgan fingerprint density at radius 1 is 1.56 bits per heavy atom. The van der Waals surface area contributed by atoms with E-state index in [0.717, 1.165) is 5.69 Å². The molecule has 5 nitrogen and oxygen atoms in total. The Morgan fingerprint density at radius 3 is 2.44 bits per heavy atom. The molecule has 0 saturated carbocycles. The van der Waals surface area contributed by atoms with Crippen LogP contribution in [0, 0.1) is 0 Å². The molecular weight excluding hydrogens is 226 g/mol. The van der Waals surface area contributed by atoms with Gasteiger partial charge in [-0.25, -0.2) is 5.43 Å². The van der Waals surface area contributed by atoms with E-state index in [-0.39, 0.29) is 11.6 Å². The molecule has 0 radical (unpaired) electrons. The van der Waals surface area contributed by atoms with Gasteiger partial charge in [-0.05, 0) is 27.9 Å². The lowest BCUT2D eigenvalue weighted by molar-refractivity contribution is 0.134. The third kappa shape index (κ3) is 2.22. The largest absolute Gasteiger partial charge is 0.302 e. The zero-order chi connectivity index (χ0) is 12.5. The molecule has 0 aromatic carbocycles. The zero-order valence-corrected chi connectivity index (χ0v) is 11.2. The van der Waals surface area contributed by atoms with E-state index in [4.69, 9.17) is 17.4 Å². The number of rotatable bonds is 4. The number of nitrogens with zero attached hydrogens (tertiary/aromatic N) is 3. The summed E-state index contributed by atoms with van der Waals surface area (Å²) in [6, 6.07) is -0.0949. The van der Waals surface area contributed by atoms with Gasteiger partial charge in [0.05, 0.1) is 23.0 Å². The van der Waals surface area contributed by atoms with E-state index in [1.807, 2.05) is 21.1 Å². The minimum Gasteiger partial charge on any atom is -0.302 e. The number of likely N-dealkylation sites (N-methyl/N-ethyl adjacent to an activating group) is 1. The Bertz CT molecular complexity index is 339. The highest BCUT2D eigenvalue weighted by molar-refractivity contribution is 6.31. The molecule has 0 aliphatic carbocycles. The number of hydrogen-bond acceptors (Lipinski definition) is 4. The first kappa shape index (κ1) is 13.4. The first-order valence-corrected chi connectivity index (χ1v) is 5.51. The highest BCUT2D eigenvalue weighted by atomic mass is 35.5. The van der Waals surface area contributed by atoms with Crippen LogP contribution in [-0.2, 0) is 7.05 Å². The summed E-state index contributed by atoms with van der Waals surface area (Å²) in [6.45, 7) is 4.20. The van der Waals surface area contributed by atoms with Crippen LogP contribution in [0.4, 0.5) is 0 Å². The second-order valence-electron chi connectivity index (χ2n) is 4.65. The Hall–Kier alpha value is -0.620. The molecule has 3 N–H and O–H groups in total. The predicted octanol–water partition coefficient (Wildman–Crippen LogP) is 0.918. The fourth-order valence-electron chi connectivity index (χ4n) is 1.62. The summed E-state index contributed by atoms with van der Waals surface area (Å²) in [5, 5.41) is 4.75. The van der Waals surface area contributed by atoms with E-state index in [0.29, 0.717) is 5.02 Å². The SMILES string of the molecule is CN(C)C(C)(C)C(NN)c1c(Cl)cnn1C. The fourth-order valence-corrected chi connectivity index (χ4v) is 1.90. The summed E-state index contributed by atoms with van der Waals surface area (Å²) >= 11 is 6.13. The van der Waals surface area contributed by atoms with Crippen LogP contribution in [0.25, 0.3) is 0 Å². The van der Waals surface area contributed by atoms with Gasteiger partial charge in [0.25, 0.3) is 0 Å². The number of aryl methyl sites for hydroxylation is 1. The molecule has 0 bridgehead atoms. The topological polar surface area (TPSA) is 59.1 Å². The van der Waals surface area contributed by atoms with Crippen LogP contribution in [0.5, 0.6) is 0 Å². The van der Waals surface area contributed by atoms with Gasteiger partial charge < -0.3 is 4.90 Å². The molecule has 92 valence electrons. The first-order chi connectivity index (χ1) is 7.32. The van der Waals surface area contributed by atoms with Gasteiger partial charge in [-0.3, -0.25) is 10.5 Å². The normalized spacial score (nSPS) is 14.5. The van der Waals surface area contributed by atoms with E-state index >= 15 is 0 Å². The van der Waals surface area contributed by atoms with E-state index in [1.165, 1.54) is 0 Å². The number of nitrogens with one attached hydrogen (secondary N) is 1. The van der Waals surface area contributed by atoms with Crippen molar-refractivity contribution >= 4 is 11.6 Å². The van der Waals surface area contributed by atoms with Crippen molar-refractivity contribution in [3.8, 4) is 0 Å². The molecule has 1 heterocycles. The molecule has 1 atom stereocenters. The zero-order valence-electron chi connectivity index (χ0n) is 10.5. The molecule has 0 amide bonds. The molecule has 0 spiro atoms. The molecule has 1 aromatic heterocycles. The maximum atomic E-state index is 6.13. The third-order valence-corrected chi connectivity index (χ3v) is 3.53. The van der Waals surface area contributed by atoms with Crippen molar-refractivity contribution in [3.05, 3.63) is 16.9 Å². The van der Waals surface area contributed by atoms with Crippen LogP contribution >= 0.6 is 11.6 Å². The maximum Gasteiger partial charge on any atom is 0.0835 e. The standard InChI is InChI=1S/C10H20ClN5/c1-10(2,15(3)4)9(14-12)8-7(11)6-13-16(8)5/h6,9,14H,12H2,1-5H3. The van der Waals surface area contributed by atoms with Crippen molar-refractivity contribution in [3.63, 3.8) is 0 Å². The summed E-state index contributed by atoms with van der Waals surface area (Å²) in [4.78, 5) is 2.10. The number of hydrazine groups is 1. The van der Waals surface area contributed by atoms with Crippen molar-refractivity contribution < 1.29 is 0 Å². The van der Waals surface area contributed by atoms with Gasteiger partial charge in [-0.1, -0.05) is 11.6 Å². The Balaban J connectivity index is 3.18. The van der Waals surface area contributed by atoms with Crippen molar-refractivity contribution in [1.29, 1.82) is 0 Å². The van der Waals surface area contributed by atoms with Crippen LogP contribution < -0.4 is 11.3 Å². The minimum absolute atomic E-state index is 0.0949. The van der Waals surface area contributed by atoms with Gasteiger partial charge in [0, 0.05) is 12.6 Å². The summed E-state index contributed by atoms with van der Waals surface area (Å²) in [6.07, 6.45) is 1.63. The van der Waals surface area contributed by atoms with Crippen molar-refractivity contribution in [2.45, 2.75) is 25.4 Å². The molecule has 0 fully saturated rings. The highest BCUT2D eigenvalue weighted by Crippen LogP contribution is 2.32. The monoisotopic (exact) mass is 245 g/mol. The molecule has 0 saturated heterocycles. The number of halogens is 1. The molecule has 1 aromatic rings. The number of nitrogens with two attached hydrogens (primary N) is 1. The van der Waals surface area contributed by atoms with Gasteiger partial charge in [0.15, 0.2) is 0 Å². The average Bonchev–Trinajstić information content (AvgIpc) is 2.50. The van der Waals surface area contributed by atoms with E-state index in [2.05, 4.69) is 29.3 Å². The summed E-state index contributed by atoms with van der Waals surface area (Å²) in [5.41, 5.74) is 3.54. The molecule has 6 heteroatoms. The number of aromatic nitrogens is 2. The van der Waals surface area contributed by atoms with Gasteiger partial charge in [-0.2, -0.15) is 5.10 Å². The minimum atomic E-state index is -0.174. The number of hydrogen-bond donors (Lipinski definition) is 2. The van der Waals surface area contributed by atoms with Gasteiger partial charge in [-0.15, -0.1) is 0 Å². The second kappa shape index (κ2) is 4.71. The summed E-state index contributed by atoms with van der Waals surface area (Å²) in [7, 11) is 5.88. The Morgan fingerprint density at radius 2 is 2.12 bits per heavy atom. The van der Waals surface area contributed by atoms with E-state index < -0.39 is 0 Å². The quantitative estimate of drug-likeness (QED) is 0.612. The molecule has 16 heavy (non-hydrogen) atoms. The van der Waals surface area contributed by atoms with Crippen LogP contribution in [0.15, 0.2) is 6.20 Å². The van der Waals surface area contributed by atoms with Gasteiger partial charge in [0.1, 0.15) is 0 Å². The lowest BCUT2D eigenvalue weighted by Gasteiger charge is -2.39. The van der Waals surface area contributed by atoms with E-state index in [9.17, 15) is 0 Å².